The summed E-state index contributed by atoms with van der Waals surface area (Å²) in [6.07, 6.45) is 0.571. The van der Waals surface area contributed by atoms with Gasteiger partial charge in [-0.1, -0.05) is 22.9 Å². The van der Waals surface area contributed by atoms with E-state index in [1.807, 2.05) is 6.92 Å². The van der Waals surface area contributed by atoms with Gasteiger partial charge >= 0.3 is 16.3 Å². The highest BCUT2D eigenvalue weighted by Gasteiger charge is 2.13. The van der Waals surface area contributed by atoms with Crippen LogP contribution in [0.1, 0.15) is 26.7 Å². The van der Waals surface area contributed by atoms with Crippen molar-refractivity contribution in [3.63, 3.8) is 0 Å². The lowest BCUT2D eigenvalue weighted by Gasteiger charge is -2.08. The molecule has 96 valence electrons. The normalized spacial score (nSPS) is 13.2. The van der Waals surface area contributed by atoms with Crippen molar-refractivity contribution in [3.05, 3.63) is 0 Å². The minimum atomic E-state index is -3.79. The molecule has 0 saturated heterocycles. The smallest absolute Gasteiger partial charge is 0.421 e. The number of carbonyl (C=O) groups is 1. The van der Waals surface area contributed by atoms with Gasteiger partial charge in [-0.2, -0.15) is 13.1 Å². The van der Waals surface area contributed by atoms with E-state index in [0.717, 1.165) is 6.42 Å². The molecular formula is C8H17BrN2O4S. The molecule has 16 heavy (non-hydrogen) atoms. The second-order valence-electron chi connectivity index (χ2n) is 3.14. The molecule has 0 aromatic rings. The van der Waals surface area contributed by atoms with Gasteiger partial charge in [-0.3, -0.25) is 0 Å². The van der Waals surface area contributed by atoms with Gasteiger partial charge in [-0.05, 0) is 19.8 Å². The molecule has 1 atom stereocenters. The fraction of sp³-hybridized carbons (Fsp3) is 0.875. The first kappa shape index (κ1) is 15.7. The Morgan fingerprint density at radius 1 is 1.50 bits per heavy atom. The average molecular weight is 317 g/mol. The quantitative estimate of drug-likeness (QED) is 0.544. The number of hydrogen-bond donors (Lipinski definition) is 2. The summed E-state index contributed by atoms with van der Waals surface area (Å²) in [6, 6.07) is 0. The minimum absolute atomic E-state index is 0.127. The van der Waals surface area contributed by atoms with Gasteiger partial charge in [0.1, 0.15) is 0 Å². The van der Waals surface area contributed by atoms with E-state index in [1.54, 1.807) is 11.6 Å². The van der Waals surface area contributed by atoms with E-state index in [9.17, 15) is 13.2 Å². The van der Waals surface area contributed by atoms with Gasteiger partial charge in [0, 0.05) is 11.4 Å². The molecule has 0 rings (SSSR count). The van der Waals surface area contributed by atoms with Gasteiger partial charge in [0.05, 0.1) is 6.61 Å². The second kappa shape index (κ2) is 7.86. The molecule has 1 unspecified atom stereocenters. The van der Waals surface area contributed by atoms with Crippen molar-refractivity contribution in [1.82, 2.24) is 9.44 Å². The third-order valence-electron chi connectivity index (χ3n) is 1.56. The summed E-state index contributed by atoms with van der Waals surface area (Å²) < 4.78 is 30.9. The van der Waals surface area contributed by atoms with Crippen molar-refractivity contribution in [2.75, 3.05) is 13.2 Å². The number of nitrogens with one attached hydrogen (secondary N) is 2. The number of amides is 1. The summed E-state index contributed by atoms with van der Waals surface area (Å²) in [5.74, 6) is 0. The summed E-state index contributed by atoms with van der Waals surface area (Å²) in [4.78, 5) is 11.2. The van der Waals surface area contributed by atoms with E-state index >= 15 is 0 Å². The Bertz CT molecular complexity index is 305. The van der Waals surface area contributed by atoms with Gasteiger partial charge in [-0.25, -0.2) is 9.52 Å². The second-order valence-corrected chi connectivity index (χ2v) is 6.21. The average Bonchev–Trinajstić information content (AvgIpc) is 2.11. The Labute approximate surface area is 104 Å². The van der Waals surface area contributed by atoms with Crippen molar-refractivity contribution in [1.29, 1.82) is 0 Å². The van der Waals surface area contributed by atoms with E-state index in [0.29, 0.717) is 11.2 Å². The Kier molecular flexibility index (Phi) is 7.69. The summed E-state index contributed by atoms with van der Waals surface area (Å²) in [5.41, 5.74) is 0. The van der Waals surface area contributed by atoms with Crippen LogP contribution in [0, 0.1) is 0 Å². The fourth-order valence-corrected chi connectivity index (χ4v) is 1.98. The first-order valence-corrected chi connectivity index (χ1v) is 7.35. The Balaban J connectivity index is 3.83. The molecule has 0 fully saturated rings. The SMILES string of the molecule is CCOC(=O)NS(=O)(=O)NCCCC(C)Br. The molecule has 1 amide bonds. The van der Waals surface area contributed by atoms with Gasteiger partial charge in [0.15, 0.2) is 0 Å². The molecule has 0 radical (unpaired) electrons. The van der Waals surface area contributed by atoms with Crippen molar-refractivity contribution < 1.29 is 17.9 Å². The Morgan fingerprint density at radius 2 is 2.12 bits per heavy atom. The third kappa shape index (κ3) is 8.93. The van der Waals surface area contributed by atoms with E-state index in [1.165, 1.54) is 0 Å². The van der Waals surface area contributed by atoms with Crippen molar-refractivity contribution in [2.24, 2.45) is 0 Å². The molecule has 0 spiro atoms. The van der Waals surface area contributed by atoms with Crippen LogP contribution < -0.4 is 9.44 Å². The number of alkyl halides is 1. The molecule has 0 saturated carbocycles. The molecule has 6 nitrogen and oxygen atoms in total. The largest absolute Gasteiger partial charge is 0.449 e. The lowest BCUT2D eigenvalue weighted by molar-refractivity contribution is 0.158. The zero-order chi connectivity index (χ0) is 12.6. The summed E-state index contributed by atoms with van der Waals surface area (Å²) >= 11 is 3.35. The monoisotopic (exact) mass is 316 g/mol. The molecule has 8 heteroatoms. The summed E-state index contributed by atoms with van der Waals surface area (Å²) in [5, 5.41) is 0. The Morgan fingerprint density at radius 3 is 2.62 bits per heavy atom. The van der Waals surface area contributed by atoms with Crippen LogP contribution in [-0.2, 0) is 14.9 Å². The van der Waals surface area contributed by atoms with Crippen molar-refractivity contribution >= 4 is 32.2 Å². The van der Waals surface area contributed by atoms with Crippen LogP contribution >= 0.6 is 15.9 Å². The zero-order valence-corrected chi connectivity index (χ0v) is 11.7. The zero-order valence-electron chi connectivity index (χ0n) is 9.32. The molecule has 0 aromatic heterocycles. The van der Waals surface area contributed by atoms with Crippen LogP contribution in [0.3, 0.4) is 0 Å². The highest BCUT2D eigenvalue weighted by atomic mass is 79.9. The number of ether oxygens (including phenoxy) is 1. The van der Waals surface area contributed by atoms with Gasteiger partial charge < -0.3 is 4.74 Å². The Hall–Kier alpha value is -0.340. The van der Waals surface area contributed by atoms with Crippen LogP contribution in [0.2, 0.25) is 0 Å². The first-order valence-electron chi connectivity index (χ1n) is 4.95. The third-order valence-corrected chi connectivity index (χ3v) is 3.04. The van der Waals surface area contributed by atoms with Crippen LogP contribution in [0.5, 0.6) is 0 Å². The van der Waals surface area contributed by atoms with Gasteiger partial charge in [0.25, 0.3) is 0 Å². The standard InChI is InChI=1S/C8H17BrN2O4S/c1-3-15-8(12)11-16(13,14)10-6-4-5-7(2)9/h7,10H,3-6H2,1-2H3,(H,11,12). The van der Waals surface area contributed by atoms with E-state index in [-0.39, 0.29) is 13.2 Å². The van der Waals surface area contributed by atoms with Crippen molar-refractivity contribution in [2.45, 2.75) is 31.5 Å². The van der Waals surface area contributed by atoms with E-state index in [4.69, 9.17) is 0 Å². The number of hydrogen-bond acceptors (Lipinski definition) is 4. The number of carbonyl (C=O) groups excluding carboxylic acids is 1. The summed E-state index contributed by atoms with van der Waals surface area (Å²) in [7, 11) is -3.79. The maximum absolute atomic E-state index is 11.2. The first-order chi connectivity index (χ1) is 7.37. The molecule has 0 aromatic carbocycles. The molecule has 0 aliphatic carbocycles. The maximum Gasteiger partial charge on any atom is 0.421 e. The highest BCUT2D eigenvalue weighted by molar-refractivity contribution is 9.09. The van der Waals surface area contributed by atoms with Crippen LogP contribution in [0.25, 0.3) is 0 Å². The number of rotatable bonds is 7. The lowest BCUT2D eigenvalue weighted by atomic mass is 10.2. The van der Waals surface area contributed by atoms with E-state index in [2.05, 4.69) is 25.4 Å². The molecule has 0 aliphatic rings. The van der Waals surface area contributed by atoms with E-state index < -0.39 is 16.3 Å². The molecule has 2 N–H and O–H groups in total. The topological polar surface area (TPSA) is 84.5 Å². The van der Waals surface area contributed by atoms with Gasteiger partial charge in [0.2, 0.25) is 0 Å². The van der Waals surface area contributed by atoms with Crippen LogP contribution in [-0.4, -0.2) is 32.5 Å². The predicted octanol–water partition coefficient (Wildman–Crippen LogP) is 1.13. The molecular weight excluding hydrogens is 300 g/mol. The van der Waals surface area contributed by atoms with Crippen LogP contribution in [0.15, 0.2) is 0 Å². The lowest BCUT2D eigenvalue weighted by Crippen LogP contribution is -2.40. The fourth-order valence-electron chi connectivity index (χ4n) is 0.896. The maximum atomic E-state index is 11.2. The molecule has 0 bridgehead atoms. The molecule has 0 heterocycles. The molecule has 0 aliphatic heterocycles. The number of halogens is 1. The highest BCUT2D eigenvalue weighted by Crippen LogP contribution is 2.05. The summed E-state index contributed by atoms with van der Waals surface area (Å²) in [6.45, 7) is 3.98. The minimum Gasteiger partial charge on any atom is -0.449 e. The van der Waals surface area contributed by atoms with Crippen molar-refractivity contribution in [3.8, 4) is 0 Å². The predicted molar refractivity (Wildman–Crippen MR) is 64.7 cm³/mol. The van der Waals surface area contributed by atoms with Crippen LogP contribution in [0.4, 0.5) is 4.79 Å². The van der Waals surface area contributed by atoms with Gasteiger partial charge in [-0.15, -0.1) is 0 Å².